The fourth-order valence-electron chi connectivity index (χ4n) is 3.21. The van der Waals surface area contributed by atoms with Crippen LogP contribution in [0.4, 0.5) is 0 Å². The van der Waals surface area contributed by atoms with E-state index < -0.39 is 5.54 Å². The molecular weight excluding hydrogens is 320 g/mol. The van der Waals surface area contributed by atoms with Crippen molar-refractivity contribution in [2.45, 2.75) is 38.1 Å². The summed E-state index contributed by atoms with van der Waals surface area (Å²) >= 11 is 0. The van der Waals surface area contributed by atoms with E-state index in [0.29, 0.717) is 11.7 Å². The highest BCUT2D eigenvalue weighted by Crippen LogP contribution is 2.37. The Balaban J connectivity index is 1.58. The number of rotatable bonds is 4. The minimum absolute atomic E-state index is 0.260. The van der Waals surface area contributed by atoms with Gasteiger partial charge in [0.2, 0.25) is 5.89 Å². The van der Waals surface area contributed by atoms with E-state index in [4.69, 9.17) is 4.52 Å². The molecule has 8 nitrogen and oxygen atoms in total. The lowest BCUT2D eigenvalue weighted by Gasteiger charge is -2.26. The average Bonchev–Trinajstić information content (AvgIpc) is 3.36. The first-order valence-corrected chi connectivity index (χ1v) is 8.27. The van der Waals surface area contributed by atoms with E-state index in [2.05, 4.69) is 25.7 Å². The zero-order valence-corrected chi connectivity index (χ0v) is 13.8. The first kappa shape index (κ1) is 15.5. The molecule has 0 atom stereocenters. The highest BCUT2D eigenvalue weighted by atomic mass is 16.5. The number of hydrogen-bond donors (Lipinski definition) is 1. The third kappa shape index (κ3) is 2.90. The van der Waals surface area contributed by atoms with Gasteiger partial charge in [-0.3, -0.25) is 4.79 Å². The molecule has 4 rings (SSSR count). The minimum Gasteiger partial charge on any atom is -0.340 e. The number of nitrogens with one attached hydrogen (secondary N) is 1. The van der Waals surface area contributed by atoms with Gasteiger partial charge in [0, 0.05) is 6.92 Å². The van der Waals surface area contributed by atoms with Gasteiger partial charge in [0.1, 0.15) is 5.54 Å². The lowest BCUT2D eigenvalue weighted by atomic mass is 9.96. The maximum absolute atomic E-state index is 12.7. The van der Waals surface area contributed by atoms with Crippen LogP contribution in [0.3, 0.4) is 0 Å². The molecule has 1 amide bonds. The van der Waals surface area contributed by atoms with Crippen LogP contribution in [0, 0.1) is 6.92 Å². The van der Waals surface area contributed by atoms with E-state index in [1.165, 1.54) is 11.0 Å². The Bertz CT molecular complexity index is 879. The summed E-state index contributed by atoms with van der Waals surface area (Å²) in [5, 5.41) is 15.5. The summed E-state index contributed by atoms with van der Waals surface area (Å²) in [6.07, 6.45) is 5.04. The number of para-hydroxylation sites is 1. The summed E-state index contributed by atoms with van der Waals surface area (Å²) in [4.78, 5) is 18.5. The van der Waals surface area contributed by atoms with Crippen LogP contribution >= 0.6 is 0 Å². The highest BCUT2D eigenvalue weighted by molar-refractivity contribution is 5.92. The molecule has 0 aliphatic heterocycles. The van der Waals surface area contributed by atoms with Crippen molar-refractivity contribution in [2.75, 3.05) is 0 Å². The number of aryl methyl sites for hydroxylation is 1. The molecule has 0 bridgehead atoms. The van der Waals surface area contributed by atoms with Crippen LogP contribution in [-0.4, -0.2) is 31.0 Å². The molecule has 2 heterocycles. The van der Waals surface area contributed by atoms with E-state index in [1.807, 2.05) is 30.3 Å². The summed E-state index contributed by atoms with van der Waals surface area (Å²) < 4.78 is 5.11. The van der Waals surface area contributed by atoms with E-state index in [9.17, 15) is 4.79 Å². The van der Waals surface area contributed by atoms with Gasteiger partial charge in [0.05, 0.1) is 11.9 Å². The maximum Gasteiger partial charge on any atom is 0.274 e. The van der Waals surface area contributed by atoms with Gasteiger partial charge in [-0.25, -0.2) is 0 Å². The average molecular weight is 338 g/mol. The van der Waals surface area contributed by atoms with E-state index in [1.54, 1.807) is 6.92 Å². The summed E-state index contributed by atoms with van der Waals surface area (Å²) in [6.45, 7) is 1.74. The van der Waals surface area contributed by atoms with Crippen LogP contribution in [-0.2, 0) is 5.54 Å². The Morgan fingerprint density at radius 3 is 2.68 bits per heavy atom. The van der Waals surface area contributed by atoms with Crippen molar-refractivity contribution in [3.8, 4) is 5.69 Å². The van der Waals surface area contributed by atoms with Crippen LogP contribution in [0.15, 0.2) is 41.1 Å². The first-order valence-electron chi connectivity index (χ1n) is 8.27. The molecule has 128 valence electrons. The zero-order valence-electron chi connectivity index (χ0n) is 13.8. The molecular formula is C17H18N6O2. The van der Waals surface area contributed by atoms with Crippen LogP contribution < -0.4 is 5.32 Å². The normalized spacial score (nSPS) is 16.0. The van der Waals surface area contributed by atoms with Crippen molar-refractivity contribution in [3.63, 3.8) is 0 Å². The predicted octanol–water partition coefficient (Wildman–Crippen LogP) is 2.16. The molecule has 0 radical (unpaired) electrons. The largest absolute Gasteiger partial charge is 0.340 e. The molecule has 3 aromatic rings. The van der Waals surface area contributed by atoms with Crippen molar-refractivity contribution in [1.29, 1.82) is 0 Å². The fraction of sp³-hybridized carbons (Fsp3) is 0.353. The number of carbonyl (C=O) groups is 1. The topological polar surface area (TPSA) is 98.7 Å². The molecule has 0 spiro atoms. The van der Waals surface area contributed by atoms with Gasteiger partial charge >= 0.3 is 0 Å². The van der Waals surface area contributed by atoms with Crippen LogP contribution in [0.5, 0.6) is 0 Å². The molecule has 1 aliphatic rings. The third-order valence-electron chi connectivity index (χ3n) is 4.48. The fourth-order valence-corrected chi connectivity index (χ4v) is 3.21. The predicted molar refractivity (Wildman–Crippen MR) is 88.0 cm³/mol. The van der Waals surface area contributed by atoms with Gasteiger partial charge in [-0.15, -0.1) is 5.10 Å². The molecule has 1 saturated carbocycles. The summed E-state index contributed by atoms with van der Waals surface area (Å²) in [5.41, 5.74) is 0.465. The van der Waals surface area contributed by atoms with E-state index >= 15 is 0 Å². The molecule has 1 fully saturated rings. The second-order valence-corrected chi connectivity index (χ2v) is 6.24. The molecule has 2 aromatic heterocycles. The van der Waals surface area contributed by atoms with Gasteiger partial charge in [-0.05, 0) is 25.0 Å². The van der Waals surface area contributed by atoms with Crippen molar-refractivity contribution in [1.82, 2.24) is 30.5 Å². The smallest absolute Gasteiger partial charge is 0.274 e. The first-order chi connectivity index (χ1) is 12.2. The number of nitrogens with zero attached hydrogens (tertiary/aromatic N) is 5. The van der Waals surface area contributed by atoms with Crippen molar-refractivity contribution in [2.24, 2.45) is 0 Å². The number of amides is 1. The van der Waals surface area contributed by atoms with Crippen molar-refractivity contribution < 1.29 is 9.32 Å². The minimum atomic E-state index is -0.592. The van der Waals surface area contributed by atoms with Crippen LogP contribution in [0.1, 0.15) is 47.9 Å². The standard InChI is InChI=1S/C17H18N6O2/c1-12-19-16(22-25-12)17(9-5-6-10-17)20-15(24)14-11-18-23(21-14)13-7-3-2-4-8-13/h2-4,7-8,11H,5-6,9-10H2,1H3,(H,20,24). The monoisotopic (exact) mass is 338 g/mol. The molecule has 0 saturated heterocycles. The van der Waals surface area contributed by atoms with Gasteiger partial charge in [0.15, 0.2) is 11.5 Å². The second-order valence-electron chi connectivity index (χ2n) is 6.24. The van der Waals surface area contributed by atoms with Gasteiger partial charge in [0.25, 0.3) is 5.91 Å². The second kappa shape index (κ2) is 6.12. The van der Waals surface area contributed by atoms with Crippen LogP contribution in [0.2, 0.25) is 0 Å². The molecule has 25 heavy (non-hydrogen) atoms. The number of hydrogen-bond acceptors (Lipinski definition) is 6. The Morgan fingerprint density at radius 1 is 1.24 bits per heavy atom. The van der Waals surface area contributed by atoms with Crippen molar-refractivity contribution in [3.05, 3.63) is 53.9 Å². The lowest BCUT2D eigenvalue weighted by molar-refractivity contribution is 0.0886. The number of carbonyl (C=O) groups excluding carboxylic acids is 1. The summed E-state index contributed by atoms with van der Waals surface area (Å²) in [7, 11) is 0. The molecule has 1 aliphatic carbocycles. The molecule has 1 N–H and O–H groups in total. The highest BCUT2D eigenvalue weighted by Gasteiger charge is 2.41. The Morgan fingerprint density at radius 2 is 2.00 bits per heavy atom. The van der Waals surface area contributed by atoms with E-state index in [0.717, 1.165) is 31.4 Å². The summed E-state index contributed by atoms with van der Waals surface area (Å²) in [5.74, 6) is 0.739. The third-order valence-corrected chi connectivity index (χ3v) is 4.48. The SMILES string of the molecule is Cc1nc(C2(NC(=O)c3cnn(-c4ccccc4)n3)CCCC2)no1. The molecule has 0 unspecified atom stereocenters. The summed E-state index contributed by atoms with van der Waals surface area (Å²) in [6, 6.07) is 9.46. The van der Waals surface area contributed by atoms with Gasteiger partial charge < -0.3 is 9.84 Å². The Kier molecular flexibility index (Phi) is 3.79. The Labute approximate surface area is 144 Å². The maximum atomic E-state index is 12.7. The van der Waals surface area contributed by atoms with Crippen LogP contribution in [0.25, 0.3) is 5.69 Å². The van der Waals surface area contributed by atoms with E-state index in [-0.39, 0.29) is 11.6 Å². The van der Waals surface area contributed by atoms with Gasteiger partial charge in [-0.1, -0.05) is 36.2 Å². The quantitative estimate of drug-likeness (QED) is 0.782. The Hall–Kier alpha value is -3.03. The zero-order chi connectivity index (χ0) is 17.3. The lowest BCUT2D eigenvalue weighted by Crippen LogP contribution is -2.44. The number of benzene rings is 1. The molecule has 8 heteroatoms. The van der Waals surface area contributed by atoms with Crippen molar-refractivity contribution >= 4 is 5.91 Å². The van der Waals surface area contributed by atoms with Gasteiger partial charge in [-0.2, -0.15) is 14.9 Å². The molecule has 1 aromatic carbocycles. The number of aromatic nitrogens is 5.